The SMILES string of the molecule is CC(NCC(/C(N)=N/O)C(F)(F)F)c1nccs1. The van der Waals surface area contributed by atoms with Gasteiger partial charge in [-0.25, -0.2) is 4.98 Å². The number of nitrogens with one attached hydrogen (secondary N) is 1. The molecule has 1 heterocycles. The van der Waals surface area contributed by atoms with Crippen LogP contribution in [0, 0.1) is 5.92 Å². The maximum Gasteiger partial charge on any atom is 0.400 e. The average Bonchev–Trinajstić information content (AvgIpc) is 2.80. The lowest BCUT2D eigenvalue weighted by Gasteiger charge is -2.21. The van der Waals surface area contributed by atoms with Gasteiger partial charge in [0.15, 0.2) is 5.84 Å². The average molecular weight is 282 g/mol. The second kappa shape index (κ2) is 6.01. The summed E-state index contributed by atoms with van der Waals surface area (Å²) in [5.41, 5.74) is 5.04. The van der Waals surface area contributed by atoms with Gasteiger partial charge in [0.1, 0.15) is 10.9 Å². The van der Waals surface area contributed by atoms with E-state index in [1.807, 2.05) is 0 Å². The molecule has 2 atom stereocenters. The molecule has 18 heavy (non-hydrogen) atoms. The predicted molar refractivity (Wildman–Crippen MR) is 61.5 cm³/mol. The van der Waals surface area contributed by atoms with Crippen molar-refractivity contribution in [1.82, 2.24) is 10.3 Å². The van der Waals surface area contributed by atoms with E-state index in [1.54, 1.807) is 18.5 Å². The van der Waals surface area contributed by atoms with Crippen molar-refractivity contribution < 1.29 is 18.4 Å². The third-order valence-corrected chi connectivity index (χ3v) is 3.28. The van der Waals surface area contributed by atoms with E-state index in [-0.39, 0.29) is 6.04 Å². The molecule has 0 aliphatic carbocycles. The molecule has 0 spiro atoms. The Labute approximate surface area is 106 Å². The molecule has 0 aromatic carbocycles. The molecule has 0 aliphatic rings. The quantitative estimate of drug-likeness (QED) is 0.332. The highest BCUT2D eigenvalue weighted by Crippen LogP contribution is 2.26. The molecule has 0 amide bonds. The lowest BCUT2D eigenvalue weighted by atomic mass is 10.1. The lowest BCUT2D eigenvalue weighted by molar-refractivity contribution is -0.155. The highest BCUT2D eigenvalue weighted by Gasteiger charge is 2.42. The largest absolute Gasteiger partial charge is 0.409 e. The third kappa shape index (κ3) is 3.84. The highest BCUT2D eigenvalue weighted by atomic mass is 32.1. The highest BCUT2D eigenvalue weighted by molar-refractivity contribution is 7.09. The van der Waals surface area contributed by atoms with Crippen molar-refractivity contribution in [1.29, 1.82) is 0 Å². The molecule has 0 bridgehead atoms. The van der Waals surface area contributed by atoms with Crippen molar-refractivity contribution >= 4 is 17.2 Å². The Bertz CT molecular complexity index is 393. The zero-order valence-electron chi connectivity index (χ0n) is 9.48. The van der Waals surface area contributed by atoms with Crippen LogP contribution >= 0.6 is 11.3 Å². The number of oxime groups is 1. The molecule has 5 nitrogen and oxygen atoms in total. The van der Waals surface area contributed by atoms with Crippen LogP contribution in [0.4, 0.5) is 13.2 Å². The molecule has 0 saturated heterocycles. The normalized spacial score (nSPS) is 16.6. The zero-order valence-corrected chi connectivity index (χ0v) is 10.3. The van der Waals surface area contributed by atoms with Gasteiger partial charge in [-0.2, -0.15) is 13.2 Å². The van der Waals surface area contributed by atoms with Crippen LogP contribution in [0.1, 0.15) is 18.0 Å². The van der Waals surface area contributed by atoms with Crippen LogP contribution in [0.5, 0.6) is 0 Å². The van der Waals surface area contributed by atoms with E-state index in [9.17, 15) is 13.2 Å². The van der Waals surface area contributed by atoms with E-state index in [0.717, 1.165) is 0 Å². The third-order valence-electron chi connectivity index (χ3n) is 2.32. The minimum atomic E-state index is -4.56. The van der Waals surface area contributed by atoms with E-state index >= 15 is 0 Å². The Morgan fingerprint density at radius 3 is 2.78 bits per heavy atom. The van der Waals surface area contributed by atoms with Crippen LogP contribution in [-0.2, 0) is 0 Å². The van der Waals surface area contributed by atoms with Crippen molar-refractivity contribution in [3.05, 3.63) is 16.6 Å². The van der Waals surface area contributed by atoms with Crippen molar-refractivity contribution in [3.8, 4) is 0 Å². The molecule has 9 heteroatoms. The second-order valence-electron chi connectivity index (χ2n) is 3.62. The molecule has 0 fully saturated rings. The fourth-order valence-corrected chi connectivity index (χ4v) is 1.96. The van der Waals surface area contributed by atoms with Crippen molar-refractivity contribution in [2.24, 2.45) is 16.8 Å². The summed E-state index contributed by atoms with van der Waals surface area (Å²) in [6, 6.07) is -0.332. The molecule has 102 valence electrons. The summed E-state index contributed by atoms with van der Waals surface area (Å²) in [5, 5.41) is 15.8. The van der Waals surface area contributed by atoms with Gasteiger partial charge in [-0.05, 0) is 6.92 Å². The topological polar surface area (TPSA) is 83.5 Å². The van der Waals surface area contributed by atoms with Gasteiger partial charge in [0.2, 0.25) is 0 Å². The Balaban J connectivity index is 2.63. The Hall–Kier alpha value is -1.35. The van der Waals surface area contributed by atoms with Crippen LogP contribution in [0.15, 0.2) is 16.7 Å². The van der Waals surface area contributed by atoms with E-state index in [1.165, 1.54) is 11.3 Å². The molecule has 1 aromatic rings. The summed E-state index contributed by atoms with van der Waals surface area (Å²) in [6.45, 7) is 1.22. The number of alkyl halides is 3. The van der Waals surface area contributed by atoms with Gasteiger partial charge < -0.3 is 16.3 Å². The zero-order chi connectivity index (χ0) is 13.8. The Morgan fingerprint density at radius 1 is 1.67 bits per heavy atom. The van der Waals surface area contributed by atoms with Gasteiger partial charge in [-0.1, -0.05) is 5.16 Å². The predicted octanol–water partition coefficient (Wildman–Crippen LogP) is 1.72. The van der Waals surface area contributed by atoms with E-state index < -0.39 is 24.5 Å². The van der Waals surface area contributed by atoms with E-state index in [0.29, 0.717) is 5.01 Å². The van der Waals surface area contributed by atoms with Gasteiger partial charge in [0.25, 0.3) is 0 Å². The second-order valence-corrected chi connectivity index (χ2v) is 4.55. The maximum atomic E-state index is 12.6. The first-order chi connectivity index (χ1) is 8.36. The van der Waals surface area contributed by atoms with E-state index in [4.69, 9.17) is 10.9 Å². The summed E-state index contributed by atoms with van der Waals surface area (Å²) < 4.78 is 37.9. The summed E-state index contributed by atoms with van der Waals surface area (Å²) in [7, 11) is 0. The van der Waals surface area contributed by atoms with Crippen LogP contribution in [0.25, 0.3) is 0 Å². The van der Waals surface area contributed by atoms with Gasteiger partial charge in [-0.15, -0.1) is 11.3 Å². The van der Waals surface area contributed by atoms with Crippen LogP contribution < -0.4 is 11.1 Å². The molecule has 0 aliphatic heterocycles. The van der Waals surface area contributed by atoms with Crippen molar-refractivity contribution in [2.45, 2.75) is 19.1 Å². The smallest absolute Gasteiger partial charge is 0.400 e. The summed E-state index contributed by atoms with van der Waals surface area (Å²) in [6.07, 6.45) is -2.99. The number of nitrogens with zero attached hydrogens (tertiary/aromatic N) is 2. The molecular weight excluding hydrogens is 269 g/mol. The number of hydrogen-bond acceptors (Lipinski definition) is 5. The van der Waals surface area contributed by atoms with Crippen molar-refractivity contribution in [3.63, 3.8) is 0 Å². The molecule has 4 N–H and O–H groups in total. The number of hydrogen-bond donors (Lipinski definition) is 3. The first-order valence-electron chi connectivity index (χ1n) is 5.03. The first-order valence-corrected chi connectivity index (χ1v) is 5.91. The van der Waals surface area contributed by atoms with Gasteiger partial charge in [-0.3, -0.25) is 0 Å². The molecule has 2 unspecified atom stereocenters. The standard InChI is InChI=1S/C9H13F3N4OS/c1-5(8-14-2-3-18-8)15-4-6(7(13)16-17)9(10,11)12/h2-3,5-6,15,17H,4H2,1H3,(H2,13,16). The summed E-state index contributed by atoms with van der Waals surface area (Å²) >= 11 is 1.34. The number of nitrogens with two attached hydrogens (primary N) is 1. The summed E-state index contributed by atoms with van der Waals surface area (Å²) in [4.78, 5) is 3.99. The fourth-order valence-electron chi connectivity index (χ4n) is 1.29. The minimum Gasteiger partial charge on any atom is -0.409 e. The fraction of sp³-hybridized carbons (Fsp3) is 0.556. The van der Waals surface area contributed by atoms with Crippen LogP contribution in [-0.4, -0.2) is 28.7 Å². The molecule has 1 rings (SSSR count). The Morgan fingerprint density at radius 2 is 2.33 bits per heavy atom. The maximum absolute atomic E-state index is 12.6. The van der Waals surface area contributed by atoms with Gasteiger partial charge in [0.05, 0.1) is 6.04 Å². The van der Waals surface area contributed by atoms with Crippen molar-refractivity contribution in [2.75, 3.05) is 6.54 Å². The minimum absolute atomic E-state index is 0.332. The number of aromatic nitrogens is 1. The monoisotopic (exact) mass is 282 g/mol. The molecular formula is C9H13F3N4OS. The number of halogens is 3. The molecule has 0 saturated carbocycles. The Kier molecular flexibility index (Phi) is 4.91. The molecule has 0 radical (unpaired) electrons. The summed E-state index contributed by atoms with van der Waals surface area (Å²) in [5.74, 6) is -2.88. The van der Waals surface area contributed by atoms with Crippen LogP contribution in [0.3, 0.4) is 0 Å². The van der Waals surface area contributed by atoms with E-state index in [2.05, 4.69) is 15.5 Å². The van der Waals surface area contributed by atoms with Crippen LogP contribution in [0.2, 0.25) is 0 Å². The first kappa shape index (κ1) is 14.7. The number of thiazole rings is 1. The lowest BCUT2D eigenvalue weighted by Crippen LogP contribution is -2.43. The van der Waals surface area contributed by atoms with Gasteiger partial charge >= 0.3 is 6.18 Å². The molecule has 1 aromatic heterocycles. The van der Waals surface area contributed by atoms with Gasteiger partial charge in [0, 0.05) is 18.1 Å². The number of rotatable bonds is 5. The number of amidine groups is 1.